The van der Waals surface area contributed by atoms with Crippen molar-refractivity contribution in [3.05, 3.63) is 40.4 Å². The molecule has 1 aromatic carbocycles. The minimum absolute atomic E-state index is 0.00808. The Kier molecular flexibility index (Phi) is 5.08. The van der Waals surface area contributed by atoms with Crippen molar-refractivity contribution in [1.29, 1.82) is 0 Å². The summed E-state index contributed by atoms with van der Waals surface area (Å²) in [5.74, 6) is -0.109. The van der Waals surface area contributed by atoms with Crippen LogP contribution in [0.3, 0.4) is 0 Å². The van der Waals surface area contributed by atoms with Gasteiger partial charge in [0.2, 0.25) is 0 Å². The zero-order chi connectivity index (χ0) is 21.7. The summed E-state index contributed by atoms with van der Waals surface area (Å²) in [5, 5.41) is 7.23. The summed E-state index contributed by atoms with van der Waals surface area (Å²) in [6.45, 7) is 4.95. The van der Waals surface area contributed by atoms with E-state index in [0.717, 1.165) is 47.9 Å². The third-order valence-corrected chi connectivity index (χ3v) is 6.83. The fourth-order valence-electron chi connectivity index (χ4n) is 5.02. The lowest BCUT2D eigenvalue weighted by Crippen LogP contribution is -2.39. The summed E-state index contributed by atoms with van der Waals surface area (Å²) in [6.07, 6.45) is 6.21. The Morgan fingerprint density at radius 2 is 2.00 bits per heavy atom. The van der Waals surface area contributed by atoms with Crippen molar-refractivity contribution < 1.29 is 14.3 Å². The lowest BCUT2D eigenvalue weighted by atomic mass is 9.79. The largest absolute Gasteiger partial charge is 0.469 e. The molecule has 7 heteroatoms. The molecule has 31 heavy (non-hydrogen) atoms. The van der Waals surface area contributed by atoms with Gasteiger partial charge in [0.15, 0.2) is 6.23 Å². The molecule has 7 nitrogen and oxygen atoms in total. The number of pyridine rings is 1. The fraction of sp³-hybridized carbons (Fsp3) is 0.542. The van der Waals surface area contributed by atoms with E-state index in [1.165, 1.54) is 7.11 Å². The Hall–Kier alpha value is -2.67. The molecule has 1 saturated heterocycles. The smallest absolute Gasteiger partial charge is 0.308 e. The van der Waals surface area contributed by atoms with Crippen molar-refractivity contribution in [3.8, 4) is 0 Å². The molecule has 2 aliphatic rings. The van der Waals surface area contributed by atoms with Crippen LogP contribution in [0.1, 0.15) is 69.8 Å². The number of fused-ring (bicyclic) bond motifs is 2. The van der Waals surface area contributed by atoms with Gasteiger partial charge in [-0.15, -0.1) is 0 Å². The number of carbonyl (C=O) groups is 1. The van der Waals surface area contributed by atoms with Crippen LogP contribution in [0.5, 0.6) is 0 Å². The number of aromatic nitrogens is 3. The maximum Gasteiger partial charge on any atom is 0.308 e. The highest BCUT2D eigenvalue weighted by molar-refractivity contribution is 5.96. The monoisotopic (exact) mass is 423 g/mol. The van der Waals surface area contributed by atoms with E-state index < -0.39 is 0 Å². The van der Waals surface area contributed by atoms with Crippen LogP contribution in [0.4, 0.5) is 0 Å². The van der Waals surface area contributed by atoms with E-state index in [1.54, 1.807) is 0 Å². The van der Waals surface area contributed by atoms with Gasteiger partial charge in [0.25, 0.3) is 5.56 Å². The molecule has 0 N–H and O–H groups in total. The van der Waals surface area contributed by atoms with Crippen LogP contribution < -0.4 is 5.56 Å². The van der Waals surface area contributed by atoms with E-state index in [1.807, 2.05) is 21.5 Å². The molecule has 2 aromatic heterocycles. The Labute approximate surface area is 180 Å². The maximum absolute atomic E-state index is 13.7. The lowest BCUT2D eigenvalue weighted by Gasteiger charge is -2.36. The number of benzene rings is 1. The van der Waals surface area contributed by atoms with Crippen LogP contribution in [0.25, 0.3) is 21.7 Å². The van der Waals surface area contributed by atoms with Crippen LogP contribution in [0.2, 0.25) is 0 Å². The van der Waals surface area contributed by atoms with Gasteiger partial charge < -0.3 is 14.0 Å². The van der Waals surface area contributed by atoms with Crippen molar-refractivity contribution in [1.82, 2.24) is 14.3 Å². The van der Waals surface area contributed by atoms with E-state index in [-0.39, 0.29) is 35.6 Å². The summed E-state index contributed by atoms with van der Waals surface area (Å²) in [5.41, 5.74) is 1.95. The molecule has 0 bridgehead atoms. The number of rotatable bonds is 4. The van der Waals surface area contributed by atoms with E-state index in [4.69, 9.17) is 9.47 Å². The first-order chi connectivity index (χ1) is 15.0. The summed E-state index contributed by atoms with van der Waals surface area (Å²) >= 11 is 0. The molecule has 1 atom stereocenters. The minimum atomic E-state index is -0.186. The SMILES string of the molecule is COC(=O)[C@H]1C[C@H](n2c(C(C)C)cc3cc4cnn(C5CCCCO5)c4cc3c2=O)C1. The highest BCUT2D eigenvalue weighted by atomic mass is 16.5. The summed E-state index contributed by atoms with van der Waals surface area (Å²) < 4.78 is 14.6. The number of hydrogen-bond acceptors (Lipinski definition) is 5. The molecule has 0 spiro atoms. The van der Waals surface area contributed by atoms with Gasteiger partial charge in [-0.1, -0.05) is 13.8 Å². The topological polar surface area (TPSA) is 75.3 Å². The first-order valence-corrected chi connectivity index (χ1v) is 11.2. The number of nitrogens with zero attached hydrogens (tertiary/aromatic N) is 3. The average Bonchev–Trinajstić information content (AvgIpc) is 3.16. The molecule has 2 fully saturated rings. The minimum Gasteiger partial charge on any atom is -0.469 e. The number of ether oxygens (including phenoxy) is 2. The Morgan fingerprint density at radius 1 is 1.19 bits per heavy atom. The van der Waals surface area contributed by atoms with Gasteiger partial charge in [0.1, 0.15) is 0 Å². The summed E-state index contributed by atoms with van der Waals surface area (Å²) in [4.78, 5) is 25.5. The normalized spacial score (nSPS) is 23.9. The van der Waals surface area contributed by atoms with Crippen LogP contribution in [0.15, 0.2) is 29.2 Å². The van der Waals surface area contributed by atoms with E-state index >= 15 is 0 Å². The van der Waals surface area contributed by atoms with Crippen LogP contribution in [0, 0.1) is 5.92 Å². The fourth-order valence-corrected chi connectivity index (χ4v) is 5.02. The second-order valence-electron chi connectivity index (χ2n) is 9.15. The first kappa shape index (κ1) is 20.2. The highest BCUT2D eigenvalue weighted by Crippen LogP contribution is 2.40. The molecular formula is C24H29N3O4. The quantitative estimate of drug-likeness (QED) is 0.585. The molecule has 1 saturated carbocycles. The van der Waals surface area contributed by atoms with Crippen molar-refractivity contribution in [2.75, 3.05) is 13.7 Å². The van der Waals surface area contributed by atoms with Crippen molar-refractivity contribution in [3.63, 3.8) is 0 Å². The van der Waals surface area contributed by atoms with E-state index in [9.17, 15) is 9.59 Å². The first-order valence-electron chi connectivity index (χ1n) is 11.2. The average molecular weight is 424 g/mol. The van der Waals surface area contributed by atoms with Gasteiger partial charge in [-0.3, -0.25) is 9.59 Å². The molecule has 3 aromatic rings. The number of esters is 1. The molecule has 0 radical (unpaired) electrons. The number of hydrogen-bond donors (Lipinski definition) is 0. The van der Waals surface area contributed by atoms with E-state index in [0.29, 0.717) is 18.2 Å². The van der Waals surface area contributed by atoms with Gasteiger partial charge in [0.05, 0.1) is 24.7 Å². The van der Waals surface area contributed by atoms with Gasteiger partial charge in [0, 0.05) is 29.1 Å². The van der Waals surface area contributed by atoms with Crippen molar-refractivity contribution >= 4 is 27.6 Å². The number of carbonyl (C=O) groups excluding carboxylic acids is 1. The molecule has 5 rings (SSSR count). The third-order valence-electron chi connectivity index (χ3n) is 6.83. The van der Waals surface area contributed by atoms with E-state index in [2.05, 4.69) is 31.1 Å². The zero-order valence-electron chi connectivity index (χ0n) is 18.3. The highest BCUT2D eigenvalue weighted by Gasteiger charge is 2.38. The van der Waals surface area contributed by atoms with Gasteiger partial charge in [-0.25, -0.2) is 4.68 Å². The van der Waals surface area contributed by atoms with Gasteiger partial charge >= 0.3 is 5.97 Å². The Bertz CT molecular complexity index is 1200. The van der Waals surface area contributed by atoms with Gasteiger partial charge in [-0.2, -0.15) is 5.10 Å². The van der Waals surface area contributed by atoms with Crippen molar-refractivity contribution in [2.24, 2.45) is 5.92 Å². The summed E-state index contributed by atoms with van der Waals surface area (Å²) in [7, 11) is 1.42. The van der Waals surface area contributed by atoms with Crippen LogP contribution in [-0.2, 0) is 14.3 Å². The van der Waals surface area contributed by atoms with Crippen molar-refractivity contribution in [2.45, 2.75) is 64.1 Å². The molecule has 0 amide bonds. The number of methoxy groups -OCH3 is 1. The van der Waals surface area contributed by atoms with Gasteiger partial charge in [-0.05, 0) is 61.6 Å². The second kappa shape index (κ2) is 7.79. The van der Waals surface area contributed by atoms with Crippen LogP contribution in [-0.4, -0.2) is 34.0 Å². The third kappa shape index (κ3) is 3.35. The standard InChI is InChI=1S/C24H29N3O4/c1-14(2)20-11-15-8-17-13-25-27(22-6-4-5-7-31-22)21(17)12-19(15)23(28)26(20)18-9-16(10-18)24(29)30-3/h8,11-14,16,18,22H,4-7,9-10H2,1-3H3/t16-,18-,22?. The zero-order valence-corrected chi connectivity index (χ0v) is 18.3. The Balaban J connectivity index is 1.62. The maximum atomic E-state index is 13.7. The molecule has 1 aliphatic heterocycles. The predicted molar refractivity (Wildman–Crippen MR) is 118 cm³/mol. The molecule has 1 unspecified atom stereocenters. The second-order valence-corrected chi connectivity index (χ2v) is 9.15. The molecule has 3 heterocycles. The predicted octanol–water partition coefficient (Wildman–Crippen LogP) is 4.30. The molecular weight excluding hydrogens is 394 g/mol. The van der Waals surface area contributed by atoms with Crippen LogP contribution >= 0.6 is 0 Å². The summed E-state index contributed by atoms with van der Waals surface area (Å²) in [6, 6.07) is 6.18. The lowest BCUT2D eigenvalue weighted by molar-refractivity contribution is -0.149. The molecule has 164 valence electrons. The molecule has 1 aliphatic carbocycles. The Morgan fingerprint density at radius 3 is 2.68 bits per heavy atom.